The summed E-state index contributed by atoms with van der Waals surface area (Å²) in [5.74, 6) is -0.181. The molecule has 45 heavy (non-hydrogen) atoms. The lowest BCUT2D eigenvalue weighted by molar-refractivity contribution is -0.146. The zero-order chi connectivity index (χ0) is 32.8. The molecular formula is C31H28F4N4O5S. The molecule has 236 valence electrons. The van der Waals surface area contributed by atoms with Crippen LogP contribution in [0, 0.1) is 18.2 Å². The van der Waals surface area contributed by atoms with Gasteiger partial charge in [-0.05, 0) is 54.3 Å². The number of benzene rings is 2. The lowest BCUT2D eigenvalue weighted by Crippen LogP contribution is -2.38. The van der Waals surface area contributed by atoms with E-state index in [0.29, 0.717) is 12.8 Å². The third-order valence-electron chi connectivity index (χ3n) is 6.69. The molecule has 2 N–H and O–H groups in total. The Balaban J connectivity index is 1.51. The maximum atomic E-state index is 14.6. The number of anilines is 2. The number of hydrogen-bond acceptors (Lipinski definition) is 7. The number of nitrogens with zero attached hydrogens (tertiary/aromatic N) is 2. The van der Waals surface area contributed by atoms with Crippen molar-refractivity contribution in [1.82, 2.24) is 10.3 Å². The van der Waals surface area contributed by atoms with Crippen LogP contribution < -0.4 is 14.9 Å². The summed E-state index contributed by atoms with van der Waals surface area (Å²) in [6, 6.07) is 12.3. The van der Waals surface area contributed by atoms with Gasteiger partial charge in [-0.3, -0.25) is 9.52 Å². The van der Waals surface area contributed by atoms with E-state index in [1.807, 2.05) is 10.8 Å². The van der Waals surface area contributed by atoms with Crippen LogP contribution in [0.15, 0.2) is 60.7 Å². The third kappa shape index (κ3) is 8.82. The van der Waals surface area contributed by atoms with Crippen LogP contribution in [0.3, 0.4) is 0 Å². The zero-order valence-corrected chi connectivity index (χ0v) is 24.7. The normalized spacial score (nSPS) is 15.1. The monoisotopic (exact) mass is 644 g/mol. The van der Waals surface area contributed by atoms with E-state index in [4.69, 9.17) is 11.2 Å². The van der Waals surface area contributed by atoms with Crippen molar-refractivity contribution in [1.29, 1.82) is 0 Å². The Bertz CT molecular complexity index is 1760. The highest BCUT2D eigenvalue weighted by molar-refractivity contribution is 7.92. The molecule has 1 aromatic heterocycles. The molecule has 14 heteroatoms. The van der Waals surface area contributed by atoms with E-state index in [2.05, 4.69) is 16.2 Å². The van der Waals surface area contributed by atoms with Crippen molar-refractivity contribution in [2.75, 3.05) is 22.4 Å². The van der Waals surface area contributed by atoms with E-state index in [9.17, 15) is 35.6 Å². The number of nitrogens with one attached hydrogen (secondary N) is 2. The number of sulfonamides is 1. The quantitative estimate of drug-likeness (QED) is 0.143. The molecule has 1 saturated heterocycles. The Hall–Kier alpha value is -4.90. The van der Waals surface area contributed by atoms with Gasteiger partial charge in [-0.1, -0.05) is 36.3 Å². The number of aromatic nitrogens is 1. The van der Waals surface area contributed by atoms with Gasteiger partial charge < -0.3 is 15.0 Å². The minimum absolute atomic E-state index is 0.00333. The van der Waals surface area contributed by atoms with E-state index in [1.54, 1.807) is 24.3 Å². The third-order valence-corrected chi connectivity index (χ3v) is 7.27. The second kappa shape index (κ2) is 13.8. The van der Waals surface area contributed by atoms with Crippen LogP contribution in [0.4, 0.5) is 29.1 Å². The highest BCUT2D eigenvalue weighted by Gasteiger charge is 2.37. The molecule has 0 spiro atoms. The van der Waals surface area contributed by atoms with E-state index >= 15 is 0 Å². The van der Waals surface area contributed by atoms with Crippen LogP contribution >= 0.6 is 0 Å². The van der Waals surface area contributed by atoms with E-state index < -0.39 is 51.3 Å². The van der Waals surface area contributed by atoms with Crippen molar-refractivity contribution < 1.29 is 40.3 Å². The number of hydrogen-bond donors (Lipinski definition) is 2. The molecule has 1 aliphatic heterocycles. The summed E-state index contributed by atoms with van der Waals surface area (Å²) in [5, 5.41) is 2.51. The molecule has 2 aromatic carbocycles. The molecule has 4 rings (SSSR count). The van der Waals surface area contributed by atoms with Gasteiger partial charge in [0.05, 0.1) is 17.5 Å². The summed E-state index contributed by atoms with van der Waals surface area (Å²) in [7, 11) is -3.81. The highest BCUT2D eigenvalue weighted by Crippen LogP contribution is 2.34. The first-order valence-corrected chi connectivity index (χ1v) is 15.4. The van der Waals surface area contributed by atoms with E-state index in [0.717, 1.165) is 36.1 Å². The van der Waals surface area contributed by atoms with E-state index in [-0.39, 0.29) is 42.2 Å². The van der Waals surface area contributed by atoms with Crippen LogP contribution in [-0.2, 0) is 43.7 Å². The second-order valence-corrected chi connectivity index (χ2v) is 11.9. The summed E-state index contributed by atoms with van der Waals surface area (Å²) < 4.78 is 85.8. The Labute approximate surface area is 257 Å². The molecule has 0 saturated carbocycles. The summed E-state index contributed by atoms with van der Waals surface area (Å²) in [5.41, 5.74) is -0.515. The van der Waals surface area contributed by atoms with Crippen LogP contribution in [0.25, 0.3) is 6.08 Å². The molecule has 1 atom stereocenters. The molecule has 0 radical (unpaired) electrons. The largest absolute Gasteiger partial charge is 0.459 e. The topological polar surface area (TPSA) is 118 Å². The number of pyridine rings is 1. The summed E-state index contributed by atoms with van der Waals surface area (Å²) >= 11 is 0. The van der Waals surface area contributed by atoms with Gasteiger partial charge in [0, 0.05) is 24.7 Å². The summed E-state index contributed by atoms with van der Waals surface area (Å²) in [4.78, 5) is 30.8. The molecule has 2 heterocycles. The average molecular weight is 645 g/mol. The Kier molecular flexibility index (Phi) is 10.1. The van der Waals surface area contributed by atoms with Gasteiger partial charge in [-0.2, -0.15) is 13.2 Å². The molecular weight excluding hydrogens is 616 g/mol. The summed E-state index contributed by atoms with van der Waals surface area (Å²) in [6.45, 7) is 0.0316. The van der Waals surface area contributed by atoms with Gasteiger partial charge in [0.1, 0.15) is 30.0 Å². The van der Waals surface area contributed by atoms with Crippen LogP contribution in [0.5, 0.6) is 0 Å². The minimum Gasteiger partial charge on any atom is -0.459 e. The molecule has 1 unspecified atom stereocenters. The molecule has 1 fully saturated rings. The fourth-order valence-electron chi connectivity index (χ4n) is 4.65. The van der Waals surface area contributed by atoms with Gasteiger partial charge >= 0.3 is 12.1 Å². The van der Waals surface area contributed by atoms with Crippen molar-refractivity contribution in [2.24, 2.45) is 0 Å². The number of halogens is 4. The summed E-state index contributed by atoms with van der Waals surface area (Å²) in [6.07, 6.45) is 4.63. The second-order valence-electron chi connectivity index (χ2n) is 10.1. The molecule has 1 aliphatic rings. The zero-order valence-electron chi connectivity index (χ0n) is 23.9. The fourth-order valence-corrected chi connectivity index (χ4v) is 5.23. The van der Waals surface area contributed by atoms with Crippen molar-refractivity contribution in [3.8, 4) is 12.3 Å². The number of amides is 1. The number of esters is 1. The first-order valence-electron chi connectivity index (χ1n) is 13.5. The van der Waals surface area contributed by atoms with Gasteiger partial charge in [-0.25, -0.2) is 22.6 Å². The van der Waals surface area contributed by atoms with Crippen molar-refractivity contribution >= 4 is 39.5 Å². The number of carbonyl (C=O) groups is 2. The predicted octanol–water partition coefficient (Wildman–Crippen LogP) is 4.63. The number of carbonyl (C=O) groups excluding carboxylic acids is 2. The maximum Gasteiger partial charge on any atom is 0.433 e. The molecule has 0 aliphatic carbocycles. The average Bonchev–Trinajstić information content (AvgIpc) is 3.48. The Morgan fingerprint density at radius 1 is 1.16 bits per heavy atom. The smallest absolute Gasteiger partial charge is 0.433 e. The fraction of sp³-hybridized carbons (Fsp3) is 0.258. The first-order chi connectivity index (χ1) is 21.2. The Morgan fingerprint density at radius 3 is 2.56 bits per heavy atom. The molecule has 3 aromatic rings. The first kappa shape index (κ1) is 33.0. The number of ether oxygens (including phenoxy) is 1. The number of rotatable bonds is 10. The lowest BCUT2D eigenvalue weighted by atomic mass is 10.1. The van der Waals surface area contributed by atoms with Crippen molar-refractivity contribution in [2.45, 2.75) is 38.2 Å². The standard InChI is InChI=1S/C31H28F4N4O5S/c1-3-22-16-21(17-24(32)28(22)38-45(2,42)43)18-36-27(40)14-12-23-11-13-26(31(33,34)35)37-29(23)39-15-7-10-25(39)30(41)44-19-20-8-5-4-6-9-20/h1,4-6,8-9,11-14,16-17,25,38H,7,10,15,18-19H2,2H3,(H,36,40)/b14-12+. The van der Waals surface area contributed by atoms with Gasteiger partial charge in [0.15, 0.2) is 0 Å². The van der Waals surface area contributed by atoms with E-state index in [1.165, 1.54) is 17.0 Å². The SMILES string of the molecule is C#Cc1cc(CNC(=O)/C=C/c2ccc(C(F)(F)F)nc2N2CCCC2C(=O)OCc2ccccc2)cc(F)c1NS(C)(=O)=O. The Morgan fingerprint density at radius 2 is 1.89 bits per heavy atom. The van der Waals surface area contributed by atoms with Gasteiger partial charge in [-0.15, -0.1) is 6.42 Å². The maximum absolute atomic E-state index is 14.6. The molecule has 1 amide bonds. The van der Waals surface area contributed by atoms with Gasteiger partial charge in [0.2, 0.25) is 15.9 Å². The van der Waals surface area contributed by atoms with Crippen molar-refractivity contribution in [3.05, 3.63) is 94.4 Å². The van der Waals surface area contributed by atoms with Crippen LogP contribution in [0.2, 0.25) is 0 Å². The predicted molar refractivity (Wildman–Crippen MR) is 160 cm³/mol. The highest BCUT2D eigenvalue weighted by atomic mass is 32.2. The van der Waals surface area contributed by atoms with Gasteiger partial charge in [0.25, 0.3) is 0 Å². The van der Waals surface area contributed by atoms with Crippen LogP contribution in [-0.4, -0.2) is 44.1 Å². The van der Waals surface area contributed by atoms with Crippen LogP contribution in [0.1, 0.15) is 40.8 Å². The number of alkyl halides is 3. The number of terminal acetylenes is 1. The minimum atomic E-state index is -4.75. The van der Waals surface area contributed by atoms with Crippen molar-refractivity contribution in [3.63, 3.8) is 0 Å². The lowest BCUT2D eigenvalue weighted by Gasteiger charge is -2.26. The molecule has 9 nitrogen and oxygen atoms in total. The molecule has 0 bridgehead atoms.